The molecule has 0 aliphatic carbocycles. The second kappa shape index (κ2) is 9.18. The van der Waals surface area contributed by atoms with E-state index in [9.17, 15) is 4.79 Å². The standard InChI is InChI=1S/C21H23Cl3N2O/c1-2-3-21(27)25-16-7-11-20(18-10-6-15(23)12-19(18)24)26(13-16)17-8-4-14(22)5-9-17/h4-6,8-10,12,16,20H,2-3,7,11,13H2,1H3,(H,25,27). The maximum Gasteiger partial charge on any atom is 0.220 e. The number of nitrogens with one attached hydrogen (secondary N) is 1. The summed E-state index contributed by atoms with van der Waals surface area (Å²) in [7, 11) is 0. The number of carbonyl (C=O) groups excluding carboxylic acids is 1. The SMILES string of the molecule is CCCC(=O)NC1CCC(c2ccc(Cl)cc2Cl)N(c2ccc(Cl)cc2)C1. The van der Waals surface area contributed by atoms with E-state index in [0.717, 1.165) is 37.1 Å². The van der Waals surface area contributed by atoms with Gasteiger partial charge in [-0.2, -0.15) is 0 Å². The van der Waals surface area contributed by atoms with Crippen LogP contribution in [-0.2, 0) is 4.79 Å². The molecule has 0 aromatic heterocycles. The van der Waals surface area contributed by atoms with Gasteiger partial charge < -0.3 is 10.2 Å². The number of hydrogen-bond acceptors (Lipinski definition) is 2. The van der Waals surface area contributed by atoms with E-state index in [4.69, 9.17) is 34.8 Å². The molecule has 0 spiro atoms. The minimum atomic E-state index is 0.113. The Hall–Kier alpha value is -1.42. The molecule has 0 bridgehead atoms. The molecule has 1 heterocycles. The molecule has 1 aliphatic heterocycles. The van der Waals surface area contributed by atoms with Gasteiger partial charge in [-0.25, -0.2) is 0 Å². The molecule has 2 atom stereocenters. The lowest BCUT2D eigenvalue weighted by molar-refractivity contribution is -0.121. The lowest BCUT2D eigenvalue weighted by Crippen LogP contribution is -2.49. The summed E-state index contributed by atoms with van der Waals surface area (Å²) in [5.41, 5.74) is 2.11. The second-order valence-electron chi connectivity index (χ2n) is 6.90. The molecule has 2 aromatic rings. The van der Waals surface area contributed by atoms with Crippen LogP contribution in [0.15, 0.2) is 42.5 Å². The molecule has 0 radical (unpaired) electrons. The number of nitrogens with zero attached hydrogens (tertiary/aromatic N) is 1. The third-order valence-electron chi connectivity index (χ3n) is 4.90. The Morgan fingerprint density at radius 3 is 2.44 bits per heavy atom. The average Bonchev–Trinajstić information content (AvgIpc) is 2.63. The monoisotopic (exact) mass is 424 g/mol. The fourth-order valence-electron chi connectivity index (χ4n) is 3.63. The highest BCUT2D eigenvalue weighted by molar-refractivity contribution is 6.35. The zero-order valence-corrected chi connectivity index (χ0v) is 17.5. The van der Waals surface area contributed by atoms with Gasteiger partial charge in [-0.15, -0.1) is 0 Å². The Morgan fingerprint density at radius 1 is 1.07 bits per heavy atom. The summed E-state index contributed by atoms with van der Waals surface area (Å²) in [6.07, 6.45) is 3.20. The number of rotatable bonds is 5. The lowest BCUT2D eigenvalue weighted by Gasteiger charge is -2.42. The predicted octanol–water partition coefficient (Wildman–Crippen LogP) is 6.27. The highest BCUT2D eigenvalue weighted by Crippen LogP contribution is 2.39. The predicted molar refractivity (Wildman–Crippen MR) is 114 cm³/mol. The summed E-state index contributed by atoms with van der Waals surface area (Å²) in [5, 5.41) is 5.16. The Labute approximate surface area is 175 Å². The van der Waals surface area contributed by atoms with Gasteiger partial charge >= 0.3 is 0 Å². The van der Waals surface area contributed by atoms with E-state index in [1.807, 2.05) is 43.3 Å². The molecule has 27 heavy (non-hydrogen) atoms. The van der Waals surface area contributed by atoms with E-state index in [0.29, 0.717) is 21.5 Å². The van der Waals surface area contributed by atoms with Crippen LogP contribution in [-0.4, -0.2) is 18.5 Å². The quantitative estimate of drug-likeness (QED) is 0.612. The highest BCUT2D eigenvalue weighted by Gasteiger charge is 2.31. The van der Waals surface area contributed by atoms with E-state index in [1.54, 1.807) is 6.07 Å². The number of hydrogen-bond donors (Lipinski definition) is 1. The number of carbonyl (C=O) groups is 1. The molecular formula is C21H23Cl3N2O. The first kappa shape index (κ1) is 20.3. The number of halogens is 3. The van der Waals surface area contributed by atoms with Crippen LogP contribution >= 0.6 is 34.8 Å². The number of anilines is 1. The summed E-state index contributed by atoms with van der Waals surface area (Å²) >= 11 is 18.6. The molecule has 2 aromatic carbocycles. The van der Waals surface area contributed by atoms with Gasteiger partial charge in [0.15, 0.2) is 0 Å². The fraction of sp³-hybridized carbons (Fsp3) is 0.381. The van der Waals surface area contributed by atoms with Crippen molar-refractivity contribution < 1.29 is 4.79 Å². The number of amides is 1. The third-order valence-corrected chi connectivity index (χ3v) is 5.72. The molecule has 0 saturated carbocycles. The highest BCUT2D eigenvalue weighted by atomic mass is 35.5. The van der Waals surface area contributed by atoms with Crippen LogP contribution in [0.1, 0.15) is 44.2 Å². The lowest BCUT2D eigenvalue weighted by atomic mass is 9.92. The Kier molecular flexibility index (Phi) is 6.91. The number of piperidine rings is 1. The van der Waals surface area contributed by atoms with Crippen molar-refractivity contribution in [3.8, 4) is 0 Å². The van der Waals surface area contributed by atoms with E-state index >= 15 is 0 Å². The summed E-state index contributed by atoms with van der Waals surface area (Å²) in [4.78, 5) is 14.4. The van der Waals surface area contributed by atoms with Crippen LogP contribution < -0.4 is 10.2 Å². The third kappa shape index (κ3) is 5.10. The van der Waals surface area contributed by atoms with Gasteiger partial charge in [0.1, 0.15) is 0 Å². The Morgan fingerprint density at radius 2 is 1.78 bits per heavy atom. The van der Waals surface area contributed by atoms with Gasteiger partial charge in [0.2, 0.25) is 5.91 Å². The van der Waals surface area contributed by atoms with Crippen molar-refractivity contribution in [2.24, 2.45) is 0 Å². The molecule has 3 rings (SSSR count). The van der Waals surface area contributed by atoms with Crippen molar-refractivity contribution in [3.05, 3.63) is 63.1 Å². The zero-order chi connectivity index (χ0) is 19.4. The summed E-state index contributed by atoms with van der Waals surface area (Å²) in [5.74, 6) is 0.113. The average molecular weight is 426 g/mol. The molecule has 6 heteroatoms. The molecule has 2 unspecified atom stereocenters. The molecule has 1 fully saturated rings. The molecule has 144 valence electrons. The molecule has 1 amide bonds. The minimum Gasteiger partial charge on any atom is -0.362 e. The van der Waals surface area contributed by atoms with Crippen LogP contribution in [0.4, 0.5) is 5.69 Å². The van der Waals surface area contributed by atoms with E-state index in [1.165, 1.54) is 0 Å². The maximum atomic E-state index is 12.1. The van der Waals surface area contributed by atoms with Gasteiger partial charge in [-0.1, -0.05) is 47.8 Å². The van der Waals surface area contributed by atoms with Crippen LogP contribution in [0, 0.1) is 0 Å². The zero-order valence-electron chi connectivity index (χ0n) is 15.2. The van der Waals surface area contributed by atoms with Gasteiger partial charge in [0.25, 0.3) is 0 Å². The van der Waals surface area contributed by atoms with Crippen LogP contribution in [0.5, 0.6) is 0 Å². The van der Waals surface area contributed by atoms with Crippen molar-refractivity contribution in [2.45, 2.75) is 44.7 Å². The van der Waals surface area contributed by atoms with Gasteiger partial charge in [0, 0.05) is 39.8 Å². The first-order valence-electron chi connectivity index (χ1n) is 9.24. The van der Waals surface area contributed by atoms with Gasteiger partial charge in [0.05, 0.1) is 6.04 Å². The molecule has 3 nitrogen and oxygen atoms in total. The smallest absolute Gasteiger partial charge is 0.220 e. The summed E-state index contributed by atoms with van der Waals surface area (Å²) < 4.78 is 0. The molecule has 1 saturated heterocycles. The van der Waals surface area contributed by atoms with E-state index in [2.05, 4.69) is 10.2 Å². The largest absolute Gasteiger partial charge is 0.362 e. The summed E-state index contributed by atoms with van der Waals surface area (Å²) in [6, 6.07) is 13.7. The molecule has 1 N–H and O–H groups in total. The first-order chi connectivity index (χ1) is 13.0. The molecular weight excluding hydrogens is 403 g/mol. The summed E-state index contributed by atoms with van der Waals surface area (Å²) in [6.45, 7) is 2.74. The van der Waals surface area contributed by atoms with Crippen molar-refractivity contribution in [1.29, 1.82) is 0 Å². The van der Waals surface area contributed by atoms with Crippen molar-refractivity contribution in [1.82, 2.24) is 5.32 Å². The van der Waals surface area contributed by atoms with Crippen LogP contribution in [0.2, 0.25) is 15.1 Å². The Bertz CT molecular complexity index is 795. The topological polar surface area (TPSA) is 32.3 Å². The second-order valence-corrected chi connectivity index (χ2v) is 8.18. The first-order valence-corrected chi connectivity index (χ1v) is 10.4. The molecule has 1 aliphatic rings. The minimum absolute atomic E-state index is 0.113. The normalized spacial score (nSPS) is 19.8. The maximum absolute atomic E-state index is 12.1. The van der Waals surface area contributed by atoms with Crippen LogP contribution in [0.3, 0.4) is 0 Å². The van der Waals surface area contributed by atoms with Crippen LogP contribution in [0.25, 0.3) is 0 Å². The number of benzene rings is 2. The van der Waals surface area contributed by atoms with E-state index < -0.39 is 0 Å². The van der Waals surface area contributed by atoms with Crippen molar-refractivity contribution >= 4 is 46.4 Å². The fourth-order valence-corrected chi connectivity index (χ4v) is 4.29. The van der Waals surface area contributed by atoms with Gasteiger partial charge in [-0.05, 0) is 61.2 Å². The Balaban J connectivity index is 1.88. The van der Waals surface area contributed by atoms with Crippen molar-refractivity contribution in [2.75, 3.05) is 11.4 Å². The van der Waals surface area contributed by atoms with Crippen molar-refractivity contribution in [3.63, 3.8) is 0 Å². The van der Waals surface area contributed by atoms with E-state index in [-0.39, 0.29) is 18.0 Å². The van der Waals surface area contributed by atoms with Gasteiger partial charge in [-0.3, -0.25) is 4.79 Å².